The minimum atomic E-state index is -0.425. The molecule has 1 heterocycles. The van der Waals surface area contributed by atoms with E-state index in [0.29, 0.717) is 18.2 Å². The molecule has 6 heteroatoms. The van der Waals surface area contributed by atoms with E-state index in [1.54, 1.807) is 17.2 Å². The summed E-state index contributed by atoms with van der Waals surface area (Å²) < 4.78 is 0. The van der Waals surface area contributed by atoms with Gasteiger partial charge in [0.2, 0.25) is 11.9 Å². The molecule has 0 atom stereocenters. The van der Waals surface area contributed by atoms with Crippen LogP contribution in [0.15, 0.2) is 36.5 Å². The zero-order valence-electron chi connectivity index (χ0n) is 11.3. The molecule has 0 spiro atoms. The normalized spacial score (nSPS) is 10.2. The number of nitrogens with two attached hydrogens (primary N) is 2. The molecule has 1 amide bonds. The number of primary amides is 1. The summed E-state index contributed by atoms with van der Waals surface area (Å²) in [5.74, 6) is 0.0613. The molecule has 6 nitrogen and oxygen atoms in total. The Morgan fingerprint density at radius 3 is 2.55 bits per heavy atom. The average Bonchev–Trinajstić information content (AvgIpc) is 2.40. The largest absolute Gasteiger partial charge is 0.399 e. The van der Waals surface area contributed by atoms with Gasteiger partial charge in [-0.15, -0.1) is 0 Å². The van der Waals surface area contributed by atoms with Crippen LogP contribution in [-0.2, 0) is 11.3 Å². The van der Waals surface area contributed by atoms with Crippen molar-refractivity contribution in [1.29, 1.82) is 0 Å². The van der Waals surface area contributed by atoms with E-state index in [4.69, 9.17) is 11.5 Å². The molecule has 1 aromatic heterocycles. The first-order valence-corrected chi connectivity index (χ1v) is 6.22. The lowest BCUT2D eigenvalue weighted by Crippen LogP contribution is -2.34. The summed E-state index contributed by atoms with van der Waals surface area (Å²) in [6.45, 7) is 2.43. The second kappa shape index (κ2) is 6.01. The molecular formula is C14H17N5O. The minimum absolute atomic E-state index is 0.0633. The summed E-state index contributed by atoms with van der Waals surface area (Å²) in [6.07, 6.45) is 1.66. The molecule has 2 aromatic rings. The van der Waals surface area contributed by atoms with E-state index in [1.165, 1.54) is 0 Å². The van der Waals surface area contributed by atoms with Crippen LogP contribution in [0, 0.1) is 6.92 Å². The van der Waals surface area contributed by atoms with Gasteiger partial charge in [-0.05, 0) is 30.7 Å². The van der Waals surface area contributed by atoms with Crippen LogP contribution >= 0.6 is 0 Å². The summed E-state index contributed by atoms with van der Waals surface area (Å²) in [5, 5.41) is 0. The highest BCUT2D eigenvalue weighted by Crippen LogP contribution is 2.13. The van der Waals surface area contributed by atoms with Gasteiger partial charge in [-0.3, -0.25) is 4.79 Å². The van der Waals surface area contributed by atoms with Gasteiger partial charge in [-0.2, -0.15) is 0 Å². The number of carbonyl (C=O) groups excluding carboxylic acids is 1. The molecule has 2 rings (SSSR count). The van der Waals surface area contributed by atoms with Gasteiger partial charge in [0.25, 0.3) is 0 Å². The van der Waals surface area contributed by atoms with Gasteiger partial charge < -0.3 is 16.4 Å². The first-order chi connectivity index (χ1) is 9.54. The number of amides is 1. The lowest BCUT2D eigenvalue weighted by molar-refractivity contribution is -0.116. The van der Waals surface area contributed by atoms with Crippen LogP contribution in [0.2, 0.25) is 0 Å². The molecule has 0 saturated carbocycles. The third kappa shape index (κ3) is 3.68. The second-order valence-electron chi connectivity index (χ2n) is 4.56. The van der Waals surface area contributed by atoms with Crippen LogP contribution in [0.25, 0.3) is 0 Å². The predicted molar refractivity (Wildman–Crippen MR) is 77.9 cm³/mol. The molecule has 20 heavy (non-hydrogen) atoms. The molecule has 0 aliphatic rings. The highest BCUT2D eigenvalue weighted by molar-refractivity contribution is 5.78. The number of anilines is 2. The van der Waals surface area contributed by atoms with Crippen LogP contribution in [0.3, 0.4) is 0 Å². The van der Waals surface area contributed by atoms with Gasteiger partial charge in [-0.25, -0.2) is 9.97 Å². The number of rotatable bonds is 5. The zero-order chi connectivity index (χ0) is 14.5. The maximum Gasteiger partial charge on any atom is 0.237 e. The van der Waals surface area contributed by atoms with Crippen molar-refractivity contribution >= 4 is 17.5 Å². The van der Waals surface area contributed by atoms with Crippen LogP contribution in [0.4, 0.5) is 11.6 Å². The van der Waals surface area contributed by atoms with Crippen molar-refractivity contribution in [3.63, 3.8) is 0 Å². The topological polar surface area (TPSA) is 98.1 Å². The molecule has 0 aliphatic heterocycles. The van der Waals surface area contributed by atoms with Crippen molar-refractivity contribution < 1.29 is 4.79 Å². The number of aryl methyl sites for hydroxylation is 1. The molecule has 4 N–H and O–H groups in total. The van der Waals surface area contributed by atoms with Crippen molar-refractivity contribution in [2.75, 3.05) is 17.2 Å². The Morgan fingerprint density at radius 2 is 1.95 bits per heavy atom. The van der Waals surface area contributed by atoms with Gasteiger partial charge in [0.05, 0.1) is 6.54 Å². The highest BCUT2D eigenvalue weighted by Gasteiger charge is 2.13. The van der Waals surface area contributed by atoms with E-state index in [0.717, 1.165) is 11.3 Å². The van der Waals surface area contributed by atoms with Crippen molar-refractivity contribution in [2.45, 2.75) is 13.5 Å². The Hall–Kier alpha value is -2.63. The van der Waals surface area contributed by atoms with Gasteiger partial charge in [0, 0.05) is 24.1 Å². The Bertz CT molecular complexity index is 597. The Labute approximate surface area is 117 Å². The van der Waals surface area contributed by atoms with E-state index < -0.39 is 5.91 Å². The smallest absolute Gasteiger partial charge is 0.237 e. The zero-order valence-corrected chi connectivity index (χ0v) is 11.3. The third-order valence-electron chi connectivity index (χ3n) is 2.76. The monoisotopic (exact) mass is 271 g/mol. The number of hydrogen-bond acceptors (Lipinski definition) is 5. The molecular weight excluding hydrogens is 254 g/mol. The Balaban J connectivity index is 2.23. The third-order valence-corrected chi connectivity index (χ3v) is 2.76. The van der Waals surface area contributed by atoms with Gasteiger partial charge in [0.15, 0.2) is 0 Å². The number of nitrogen functional groups attached to an aromatic ring is 1. The fourth-order valence-corrected chi connectivity index (χ4v) is 1.82. The van der Waals surface area contributed by atoms with E-state index in [-0.39, 0.29) is 6.54 Å². The van der Waals surface area contributed by atoms with E-state index in [1.807, 2.05) is 31.2 Å². The Morgan fingerprint density at radius 1 is 1.25 bits per heavy atom. The molecule has 0 aliphatic carbocycles. The van der Waals surface area contributed by atoms with Crippen molar-refractivity contribution in [2.24, 2.45) is 5.73 Å². The average molecular weight is 271 g/mol. The van der Waals surface area contributed by atoms with Crippen molar-refractivity contribution in [1.82, 2.24) is 9.97 Å². The molecule has 0 fully saturated rings. The van der Waals surface area contributed by atoms with E-state index in [2.05, 4.69) is 9.97 Å². The maximum absolute atomic E-state index is 11.2. The number of aromatic nitrogens is 2. The summed E-state index contributed by atoms with van der Waals surface area (Å²) in [4.78, 5) is 21.5. The highest BCUT2D eigenvalue weighted by atomic mass is 16.1. The maximum atomic E-state index is 11.2. The van der Waals surface area contributed by atoms with Crippen LogP contribution in [0.1, 0.15) is 11.3 Å². The second-order valence-corrected chi connectivity index (χ2v) is 4.56. The quantitative estimate of drug-likeness (QED) is 0.786. The fourth-order valence-electron chi connectivity index (χ4n) is 1.82. The molecule has 0 unspecified atom stereocenters. The summed E-state index contributed by atoms with van der Waals surface area (Å²) >= 11 is 0. The minimum Gasteiger partial charge on any atom is -0.399 e. The predicted octanol–water partition coefficient (Wildman–Crippen LogP) is 0.859. The number of carbonyl (C=O) groups is 1. The summed E-state index contributed by atoms with van der Waals surface area (Å²) in [7, 11) is 0. The lowest BCUT2D eigenvalue weighted by atomic mass is 10.2. The van der Waals surface area contributed by atoms with Crippen LogP contribution in [-0.4, -0.2) is 22.4 Å². The first-order valence-electron chi connectivity index (χ1n) is 6.22. The number of nitrogens with zero attached hydrogens (tertiary/aromatic N) is 3. The number of hydrogen-bond donors (Lipinski definition) is 2. The molecule has 0 saturated heterocycles. The molecule has 0 bridgehead atoms. The standard InChI is InChI=1S/C14H17N5O/c1-10-6-7-17-14(18-10)19(9-13(16)20)8-11-2-4-12(15)5-3-11/h2-7H,8-9,15H2,1H3,(H2,16,20). The first kappa shape index (κ1) is 13.8. The molecule has 1 aromatic carbocycles. The van der Waals surface area contributed by atoms with E-state index >= 15 is 0 Å². The lowest BCUT2D eigenvalue weighted by Gasteiger charge is -2.21. The summed E-state index contributed by atoms with van der Waals surface area (Å²) in [6, 6.07) is 9.23. The van der Waals surface area contributed by atoms with Gasteiger partial charge in [-0.1, -0.05) is 12.1 Å². The molecule has 104 valence electrons. The van der Waals surface area contributed by atoms with Crippen molar-refractivity contribution in [3.05, 3.63) is 47.8 Å². The van der Waals surface area contributed by atoms with Gasteiger partial charge in [0.1, 0.15) is 0 Å². The SMILES string of the molecule is Cc1ccnc(N(CC(N)=O)Cc2ccc(N)cc2)n1. The summed E-state index contributed by atoms with van der Waals surface area (Å²) in [5.41, 5.74) is 13.5. The van der Waals surface area contributed by atoms with Crippen LogP contribution in [0.5, 0.6) is 0 Å². The van der Waals surface area contributed by atoms with Crippen molar-refractivity contribution in [3.8, 4) is 0 Å². The fraction of sp³-hybridized carbons (Fsp3) is 0.214. The van der Waals surface area contributed by atoms with Crippen LogP contribution < -0.4 is 16.4 Å². The molecule has 0 radical (unpaired) electrons. The van der Waals surface area contributed by atoms with Gasteiger partial charge >= 0.3 is 0 Å². The van der Waals surface area contributed by atoms with E-state index in [9.17, 15) is 4.79 Å². The Kier molecular flexibility index (Phi) is 4.14. The number of benzene rings is 1.